The Morgan fingerprint density at radius 2 is 1.33 bits per heavy atom. The van der Waals surface area contributed by atoms with E-state index in [-0.39, 0.29) is 12.7 Å². The lowest BCUT2D eigenvalue weighted by Gasteiger charge is -2.11. The van der Waals surface area contributed by atoms with E-state index >= 15 is 0 Å². The van der Waals surface area contributed by atoms with Crippen LogP contribution in [-0.4, -0.2) is 59.6 Å². The molecule has 0 amide bonds. The summed E-state index contributed by atoms with van der Waals surface area (Å²) in [5, 5.41) is 0. The summed E-state index contributed by atoms with van der Waals surface area (Å²) in [6.45, 7) is 4.88. The number of hydrogen-bond donors (Lipinski definition) is 6. The van der Waals surface area contributed by atoms with Gasteiger partial charge < -0.3 is 37.6 Å². The molecule has 0 aliphatic rings. The topological polar surface area (TPSA) is 140 Å². The Morgan fingerprint density at radius 1 is 0.933 bits per heavy atom. The molecule has 0 radical (unpaired) electrons. The van der Waals surface area contributed by atoms with Crippen LogP contribution < -0.4 is 0 Å². The first-order valence-electron chi connectivity index (χ1n) is 4.14. The maximum absolute atomic E-state index is 8.22. The van der Waals surface area contributed by atoms with E-state index in [1.54, 1.807) is 20.8 Å². The average molecular weight is 262 g/mol. The van der Waals surface area contributed by atoms with Gasteiger partial charge in [-0.05, 0) is 20.8 Å². The average Bonchev–Trinajstić information content (AvgIpc) is 1.77. The van der Waals surface area contributed by atoms with E-state index in [2.05, 4.69) is 8.85 Å². The van der Waals surface area contributed by atoms with E-state index in [0.29, 0.717) is 0 Å². The summed E-state index contributed by atoms with van der Waals surface area (Å²) in [6.07, 6.45) is -0.346. The largest absolute Gasteiger partial charge is 0.671 e. The first-order valence-corrected chi connectivity index (χ1v) is 7.64. The quantitative estimate of drug-likeness (QED) is 0.300. The second-order valence-corrected chi connectivity index (χ2v) is 5.57. The zero-order chi connectivity index (χ0) is 12.7. The Balaban J connectivity index is 0. The third-order valence-corrected chi connectivity index (χ3v) is 2.20. The van der Waals surface area contributed by atoms with Crippen molar-refractivity contribution in [3.8, 4) is 0 Å². The van der Waals surface area contributed by atoms with E-state index in [1.807, 2.05) is 0 Å². The molecule has 6 N–H and O–H groups in total. The summed E-state index contributed by atoms with van der Waals surface area (Å²) < 4.78 is 8.28. The van der Waals surface area contributed by atoms with Crippen molar-refractivity contribution in [3.05, 3.63) is 0 Å². The lowest BCUT2D eigenvalue weighted by molar-refractivity contribution is 0.0366. The van der Waals surface area contributed by atoms with Crippen molar-refractivity contribution in [2.75, 3.05) is 6.61 Å². The summed E-state index contributed by atoms with van der Waals surface area (Å²) in [5.41, 5.74) is 0. The smallest absolute Gasteiger partial charge is 0.368 e. The maximum atomic E-state index is 8.22. The van der Waals surface area contributed by atoms with E-state index in [9.17, 15) is 0 Å². The predicted molar refractivity (Wildman–Crippen MR) is 52.7 cm³/mol. The Labute approximate surface area is 89.9 Å². The first-order chi connectivity index (χ1) is 6.48. The lowest BCUT2D eigenvalue weighted by atomic mass is 10.5. The van der Waals surface area contributed by atoms with Gasteiger partial charge in [-0.3, -0.25) is 0 Å². The molecule has 15 heavy (non-hydrogen) atoms. The highest BCUT2D eigenvalue weighted by Gasteiger charge is 2.31. The molecule has 0 heterocycles. The van der Waals surface area contributed by atoms with Crippen molar-refractivity contribution in [2.45, 2.75) is 26.9 Å². The van der Waals surface area contributed by atoms with Gasteiger partial charge in [-0.15, -0.1) is 0 Å². The second kappa shape index (κ2) is 7.40. The van der Waals surface area contributed by atoms with Crippen LogP contribution in [0.3, 0.4) is 0 Å². The summed E-state index contributed by atoms with van der Waals surface area (Å²) >= 11 is 0. The van der Waals surface area contributed by atoms with E-state index < -0.39 is 18.1 Å². The van der Waals surface area contributed by atoms with Crippen molar-refractivity contribution in [1.29, 1.82) is 0 Å². The molecule has 0 fully saturated rings. The van der Waals surface area contributed by atoms with E-state index in [4.69, 9.17) is 28.8 Å². The minimum absolute atomic E-state index is 0.121. The molecule has 10 heteroatoms. The fourth-order valence-electron chi connectivity index (χ4n) is 0.510. The monoisotopic (exact) mass is 262 g/mol. The van der Waals surface area contributed by atoms with Crippen LogP contribution >= 0.6 is 0 Å². The normalized spacial score (nSPS) is 12.4. The summed E-state index contributed by atoms with van der Waals surface area (Å²) in [5.74, 6) is 0. The Morgan fingerprint density at radius 3 is 1.33 bits per heavy atom. The van der Waals surface area contributed by atoms with E-state index in [0.717, 1.165) is 0 Å². The van der Waals surface area contributed by atoms with Crippen LogP contribution in [0.15, 0.2) is 0 Å². The molecule has 0 aromatic rings. The molecule has 0 spiro atoms. The maximum Gasteiger partial charge on any atom is 0.671 e. The standard InChI is InChI=1S/C3H10O4Si.C2H8O4Si/c1-3(2)7-8(4,5)6;1-2-6-7(3,4)5/h3-6H,1-2H3;3-5H,2H2,1H3. The van der Waals surface area contributed by atoms with Gasteiger partial charge in [0, 0.05) is 12.7 Å². The molecule has 0 aliphatic carbocycles. The van der Waals surface area contributed by atoms with Gasteiger partial charge >= 0.3 is 18.1 Å². The molecule has 0 bridgehead atoms. The third-order valence-electron chi connectivity index (χ3n) is 0.732. The van der Waals surface area contributed by atoms with Crippen LogP contribution in [0.5, 0.6) is 0 Å². The van der Waals surface area contributed by atoms with Crippen LogP contribution in [0.1, 0.15) is 20.8 Å². The van der Waals surface area contributed by atoms with Crippen molar-refractivity contribution in [2.24, 2.45) is 0 Å². The van der Waals surface area contributed by atoms with Gasteiger partial charge in [0.1, 0.15) is 0 Å². The summed E-state index contributed by atoms with van der Waals surface area (Å²) in [6, 6.07) is 0. The molecule has 0 saturated carbocycles. The molecular formula is C5H18O8Si2. The predicted octanol–water partition coefficient (Wildman–Crippen LogP) is -2.74. The summed E-state index contributed by atoms with van der Waals surface area (Å²) in [7, 11) is -8.38. The molecule has 0 unspecified atom stereocenters. The van der Waals surface area contributed by atoms with Gasteiger partial charge in [0.2, 0.25) is 0 Å². The van der Waals surface area contributed by atoms with Gasteiger partial charge in [-0.25, -0.2) is 0 Å². The molecule has 0 aliphatic heterocycles. The zero-order valence-corrected chi connectivity index (χ0v) is 10.8. The molecule has 0 atom stereocenters. The second-order valence-electron chi connectivity index (χ2n) is 2.75. The van der Waals surface area contributed by atoms with Gasteiger partial charge in [-0.2, -0.15) is 0 Å². The fourth-order valence-corrected chi connectivity index (χ4v) is 1.53. The van der Waals surface area contributed by atoms with Gasteiger partial charge in [-0.1, -0.05) is 0 Å². The molecule has 0 aromatic carbocycles. The Bertz CT molecular complexity index is 150. The van der Waals surface area contributed by atoms with Crippen LogP contribution in [0.4, 0.5) is 0 Å². The van der Waals surface area contributed by atoms with Crippen molar-refractivity contribution < 1.29 is 37.6 Å². The zero-order valence-electron chi connectivity index (χ0n) is 8.78. The van der Waals surface area contributed by atoms with Gasteiger partial charge in [0.25, 0.3) is 0 Å². The fraction of sp³-hybridized carbons (Fsp3) is 1.00. The highest BCUT2D eigenvalue weighted by molar-refractivity contribution is 6.48. The highest BCUT2D eigenvalue weighted by atomic mass is 28.4. The molecular weight excluding hydrogens is 244 g/mol. The minimum atomic E-state index is -4.22. The Kier molecular flexibility index (Phi) is 8.63. The van der Waals surface area contributed by atoms with Crippen molar-refractivity contribution in [1.82, 2.24) is 0 Å². The summed E-state index contributed by atoms with van der Waals surface area (Å²) in [4.78, 5) is 48.8. The number of rotatable bonds is 4. The lowest BCUT2D eigenvalue weighted by Crippen LogP contribution is -2.41. The first kappa shape index (κ1) is 17.5. The van der Waals surface area contributed by atoms with Gasteiger partial charge in [0.05, 0.1) is 0 Å². The van der Waals surface area contributed by atoms with Crippen LogP contribution in [0, 0.1) is 0 Å². The molecule has 94 valence electrons. The van der Waals surface area contributed by atoms with Crippen molar-refractivity contribution >= 4 is 18.1 Å². The third kappa shape index (κ3) is 24.9. The number of hydrogen-bond acceptors (Lipinski definition) is 8. The molecule has 0 aromatic heterocycles. The van der Waals surface area contributed by atoms with E-state index in [1.165, 1.54) is 0 Å². The SMILES string of the molecule is CC(C)O[Si](O)(O)O.CCO[Si](O)(O)O. The molecule has 0 saturated heterocycles. The molecule has 0 rings (SSSR count). The van der Waals surface area contributed by atoms with Crippen LogP contribution in [-0.2, 0) is 8.85 Å². The molecule has 8 nitrogen and oxygen atoms in total. The van der Waals surface area contributed by atoms with Gasteiger partial charge in [0.15, 0.2) is 0 Å². The highest BCUT2D eigenvalue weighted by Crippen LogP contribution is 1.94. The van der Waals surface area contributed by atoms with Crippen molar-refractivity contribution in [3.63, 3.8) is 0 Å². The minimum Gasteiger partial charge on any atom is -0.368 e. The van der Waals surface area contributed by atoms with Crippen LogP contribution in [0.2, 0.25) is 0 Å². The Hall–Kier alpha value is 0.114. The van der Waals surface area contributed by atoms with Crippen LogP contribution in [0.25, 0.3) is 0 Å².